The molecule has 0 radical (unpaired) electrons. The van der Waals surface area contributed by atoms with E-state index >= 15 is 0 Å². The third-order valence-electron chi connectivity index (χ3n) is 4.38. The molecule has 0 fully saturated rings. The van der Waals surface area contributed by atoms with Crippen LogP contribution in [0.1, 0.15) is 15.9 Å². The van der Waals surface area contributed by atoms with Crippen LogP contribution in [-0.4, -0.2) is 25.6 Å². The van der Waals surface area contributed by atoms with Gasteiger partial charge in [-0.1, -0.05) is 12.1 Å². The van der Waals surface area contributed by atoms with Crippen LogP contribution in [0.5, 0.6) is 0 Å². The average molecular weight is 459 g/mol. The van der Waals surface area contributed by atoms with Crippen molar-refractivity contribution in [1.29, 1.82) is 0 Å². The number of anilines is 1. The summed E-state index contributed by atoms with van der Waals surface area (Å²) < 4.78 is 40.1. The molecule has 0 saturated heterocycles. The van der Waals surface area contributed by atoms with Gasteiger partial charge in [0.25, 0.3) is 11.6 Å². The molecule has 1 N–H and O–H groups in total. The lowest BCUT2D eigenvalue weighted by molar-refractivity contribution is -0.384. The zero-order valence-corrected chi connectivity index (χ0v) is 16.7. The number of hydrogen-bond acceptors (Lipinski definition) is 6. The molecule has 32 heavy (non-hydrogen) atoms. The van der Waals surface area contributed by atoms with Gasteiger partial charge in [-0.2, -0.15) is 18.3 Å². The zero-order chi connectivity index (χ0) is 22.9. The average Bonchev–Trinajstić information content (AvgIpc) is 3.43. The summed E-state index contributed by atoms with van der Waals surface area (Å²) in [4.78, 5) is 26.9. The van der Waals surface area contributed by atoms with Crippen molar-refractivity contribution in [2.24, 2.45) is 0 Å². The molecule has 4 aromatic rings. The van der Waals surface area contributed by atoms with Crippen LogP contribution in [0.4, 0.5) is 24.0 Å². The molecular formula is C20H12F3N5O3S. The van der Waals surface area contributed by atoms with Gasteiger partial charge in [0.1, 0.15) is 0 Å². The molecule has 4 rings (SSSR count). The maximum Gasteiger partial charge on any atom is 0.416 e. The maximum atomic E-state index is 12.9. The topological polar surface area (TPSA) is 103 Å². The summed E-state index contributed by atoms with van der Waals surface area (Å²) in [7, 11) is 0. The van der Waals surface area contributed by atoms with E-state index in [4.69, 9.17) is 0 Å². The Hall–Kier alpha value is -4.06. The number of nitrogens with one attached hydrogen (secondary N) is 1. The Balaban J connectivity index is 1.48. The van der Waals surface area contributed by atoms with Gasteiger partial charge in [0, 0.05) is 29.3 Å². The molecule has 0 spiro atoms. The van der Waals surface area contributed by atoms with Crippen molar-refractivity contribution in [2.45, 2.75) is 6.18 Å². The fourth-order valence-corrected chi connectivity index (χ4v) is 3.51. The van der Waals surface area contributed by atoms with Crippen molar-refractivity contribution in [2.75, 3.05) is 5.32 Å². The molecule has 8 nitrogen and oxygen atoms in total. The number of halogens is 3. The van der Waals surface area contributed by atoms with Crippen LogP contribution in [0, 0.1) is 10.1 Å². The Kier molecular flexibility index (Phi) is 5.45. The Morgan fingerprint density at radius 2 is 1.91 bits per heavy atom. The first-order valence-electron chi connectivity index (χ1n) is 8.95. The number of nitrogens with zero attached hydrogens (tertiary/aromatic N) is 4. The first-order valence-corrected chi connectivity index (χ1v) is 9.83. The highest BCUT2D eigenvalue weighted by Crippen LogP contribution is 2.33. The molecule has 0 aliphatic heterocycles. The second kappa shape index (κ2) is 8.23. The lowest BCUT2D eigenvalue weighted by Crippen LogP contribution is -2.10. The molecule has 2 aromatic heterocycles. The van der Waals surface area contributed by atoms with E-state index in [1.165, 1.54) is 53.5 Å². The number of thiazole rings is 1. The van der Waals surface area contributed by atoms with Gasteiger partial charge in [-0.25, -0.2) is 9.67 Å². The molecule has 0 saturated carbocycles. The Morgan fingerprint density at radius 3 is 2.59 bits per heavy atom. The second-order valence-corrected chi connectivity index (χ2v) is 7.38. The SMILES string of the molecule is O=C(Nc1nc(-c2cccc(C(F)(F)F)c2)cs1)c1cnn(-c2ccc([N+](=O)[O-])cc2)c1. The maximum absolute atomic E-state index is 12.9. The van der Waals surface area contributed by atoms with Gasteiger partial charge in [0.2, 0.25) is 0 Å². The van der Waals surface area contributed by atoms with E-state index in [1.807, 2.05) is 0 Å². The number of benzene rings is 2. The highest BCUT2D eigenvalue weighted by molar-refractivity contribution is 7.14. The van der Waals surface area contributed by atoms with Gasteiger partial charge in [-0.3, -0.25) is 20.2 Å². The van der Waals surface area contributed by atoms with Crippen LogP contribution in [-0.2, 0) is 6.18 Å². The Labute approximate surface area is 182 Å². The number of nitro benzene ring substituents is 1. The number of carbonyl (C=O) groups excluding carboxylic acids is 1. The van der Waals surface area contributed by atoms with E-state index in [0.717, 1.165) is 23.5 Å². The quantitative estimate of drug-likeness (QED) is 0.327. The number of non-ortho nitro benzene ring substituents is 1. The number of hydrogen-bond donors (Lipinski definition) is 1. The highest BCUT2D eigenvalue weighted by Gasteiger charge is 2.30. The molecule has 162 valence electrons. The molecule has 0 unspecified atom stereocenters. The molecule has 0 atom stereocenters. The van der Waals surface area contributed by atoms with Gasteiger partial charge in [-0.15, -0.1) is 11.3 Å². The summed E-state index contributed by atoms with van der Waals surface area (Å²) >= 11 is 1.07. The zero-order valence-electron chi connectivity index (χ0n) is 15.9. The van der Waals surface area contributed by atoms with Crippen molar-refractivity contribution < 1.29 is 22.9 Å². The summed E-state index contributed by atoms with van der Waals surface area (Å²) in [6.07, 6.45) is -1.71. The molecule has 1 amide bonds. The normalized spacial score (nSPS) is 11.3. The minimum absolute atomic E-state index is 0.0702. The van der Waals surface area contributed by atoms with E-state index in [9.17, 15) is 28.1 Å². The standard InChI is InChI=1S/C20H12F3N5O3S/c21-20(22,23)14-3-1-2-12(8-14)17-11-32-19(25-17)26-18(29)13-9-24-27(10-13)15-4-6-16(7-5-15)28(30)31/h1-11H,(H,25,26,29). The summed E-state index contributed by atoms with van der Waals surface area (Å²) in [5.41, 5.74) is 0.460. The summed E-state index contributed by atoms with van der Waals surface area (Å²) in [5.74, 6) is -0.511. The summed E-state index contributed by atoms with van der Waals surface area (Å²) in [5, 5.41) is 19.2. The number of amides is 1. The molecule has 0 aliphatic rings. The fraction of sp³-hybridized carbons (Fsp3) is 0.0500. The predicted octanol–water partition coefficient (Wildman–Crippen LogP) is 5.18. The molecule has 2 heterocycles. The van der Waals surface area contributed by atoms with E-state index in [1.54, 1.807) is 5.38 Å². The number of carbonyl (C=O) groups is 1. The van der Waals surface area contributed by atoms with Crippen molar-refractivity contribution in [1.82, 2.24) is 14.8 Å². The van der Waals surface area contributed by atoms with Gasteiger partial charge < -0.3 is 0 Å². The van der Waals surface area contributed by atoms with Crippen LogP contribution in [0.25, 0.3) is 16.9 Å². The van der Waals surface area contributed by atoms with E-state index in [0.29, 0.717) is 11.4 Å². The number of aromatic nitrogens is 3. The second-order valence-electron chi connectivity index (χ2n) is 6.52. The monoisotopic (exact) mass is 459 g/mol. The van der Waals surface area contributed by atoms with Crippen molar-refractivity contribution in [3.63, 3.8) is 0 Å². The lowest BCUT2D eigenvalue weighted by Gasteiger charge is -2.07. The highest BCUT2D eigenvalue weighted by atomic mass is 32.1. The van der Waals surface area contributed by atoms with E-state index in [-0.39, 0.29) is 21.9 Å². The van der Waals surface area contributed by atoms with Crippen LogP contribution < -0.4 is 5.32 Å². The predicted molar refractivity (Wildman–Crippen MR) is 111 cm³/mol. The van der Waals surface area contributed by atoms with Gasteiger partial charge in [-0.05, 0) is 24.3 Å². The number of nitro groups is 1. The van der Waals surface area contributed by atoms with E-state index in [2.05, 4.69) is 15.4 Å². The van der Waals surface area contributed by atoms with Crippen molar-refractivity contribution in [3.05, 3.63) is 87.5 Å². The molecule has 12 heteroatoms. The Bertz CT molecular complexity index is 1300. The van der Waals surface area contributed by atoms with Crippen molar-refractivity contribution >= 4 is 28.1 Å². The minimum Gasteiger partial charge on any atom is -0.298 e. The van der Waals surface area contributed by atoms with E-state index < -0.39 is 22.6 Å². The van der Waals surface area contributed by atoms with Gasteiger partial charge in [0.05, 0.1) is 33.6 Å². The van der Waals surface area contributed by atoms with Gasteiger partial charge >= 0.3 is 6.18 Å². The number of rotatable bonds is 5. The van der Waals surface area contributed by atoms with Crippen LogP contribution in [0.2, 0.25) is 0 Å². The van der Waals surface area contributed by atoms with Crippen LogP contribution >= 0.6 is 11.3 Å². The third kappa shape index (κ3) is 4.49. The van der Waals surface area contributed by atoms with Crippen molar-refractivity contribution in [3.8, 4) is 16.9 Å². The first kappa shape index (κ1) is 21.2. The lowest BCUT2D eigenvalue weighted by atomic mass is 10.1. The molecule has 0 bridgehead atoms. The van der Waals surface area contributed by atoms with Crippen LogP contribution in [0.3, 0.4) is 0 Å². The first-order chi connectivity index (χ1) is 15.2. The smallest absolute Gasteiger partial charge is 0.298 e. The van der Waals surface area contributed by atoms with Crippen LogP contribution in [0.15, 0.2) is 66.3 Å². The molecular weight excluding hydrogens is 447 g/mol. The summed E-state index contributed by atoms with van der Waals surface area (Å²) in [6.45, 7) is 0. The third-order valence-corrected chi connectivity index (χ3v) is 5.14. The minimum atomic E-state index is -4.47. The summed E-state index contributed by atoms with van der Waals surface area (Å²) in [6, 6.07) is 10.4. The largest absolute Gasteiger partial charge is 0.416 e. The number of alkyl halides is 3. The fourth-order valence-electron chi connectivity index (χ4n) is 2.80. The molecule has 2 aromatic carbocycles. The van der Waals surface area contributed by atoms with Gasteiger partial charge in [0.15, 0.2) is 5.13 Å². The Morgan fingerprint density at radius 1 is 1.16 bits per heavy atom. The molecule has 0 aliphatic carbocycles.